The van der Waals surface area contributed by atoms with Crippen molar-refractivity contribution in [2.75, 3.05) is 5.73 Å². The first-order valence-corrected chi connectivity index (χ1v) is 4.90. The van der Waals surface area contributed by atoms with Crippen LogP contribution in [0, 0.1) is 18.6 Å². The minimum absolute atomic E-state index is 0.0190. The molecular formula is C12H10F2N2O. The molecule has 1 aromatic heterocycles. The zero-order chi connectivity index (χ0) is 12.4. The number of hydrogen-bond donors (Lipinski definition) is 1. The lowest BCUT2D eigenvalue weighted by Crippen LogP contribution is -1.96. The maximum atomic E-state index is 12.9. The lowest BCUT2D eigenvalue weighted by molar-refractivity contribution is 0.453. The zero-order valence-electron chi connectivity index (χ0n) is 9.08. The van der Waals surface area contributed by atoms with Crippen molar-refractivity contribution in [2.24, 2.45) is 0 Å². The number of hydrogen-bond acceptors (Lipinski definition) is 3. The second kappa shape index (κ2) is 4.37. The molecule has 88 valence electrons. The molecule has 0 saturated heterocycles. The second-order valence-electron chi connectivity index (χ2n) is 3.61. The summed E-state index contributed by atoms with van der Waals surface area (Å²) in [6.07, 6.45) is 1.56. The van der Waals surface area contributed by atoms with E-state index in [4.69, 9.17) is 10.5 Å². The number of nitrogens with two attached hydrogens (primary N) is 1. The van der Waals surface area contributed by atoms with Gasteiger partial charge in [0, 0.05) is 24.4 Å². The van der Waals surface area contributed by atoms with Crippen molar-refractivity contribution >= 4 is 5.69 Å². The molecule has 2 rings (SSSR count). The number of aryl methyl sites for hydroxylation is 1. The average Bonchev–Trinajstić information content (AvgIpc) is 2.21. The van der Waals surface area contributed by atoms with Gasteiger partial charge in [0.2, 0.25) is 5.88 Å². The molecule has 1 heterocycles. The summed E-state index contributed by atoms with van der Waals surface area (Å²) in [4.78, 5) is 3.94. The van der Waals surface area contributed by atoms with Gasteiger partial charge < -0.3 is 10.5 Å². The highest BCUT2D eigenvalue weighted by Crippen LogP contribution is 2.26. The Morgan fingerprint density at radius 3 is 2.35 bits per heavy atom. The van der Waals surface area contributed by atoms with Crippen LogP contribution in [0.4, 0.5) is 14.5 Å². The smallest absolute Gasteiger partial charge is 0.242 e. The van der Waals surface area contributed by atoms with Crippen LogP contribution >= 0.6 is 0 Å². The number of rotatable bonds is 2. The molecule has 0 aliphatic rings. The Morgan fingerprint density at radius 2 is 1.76 bits per heavy atom. The molecule has 0 fully saturated rings. The summed E-state index contributed by atoms with van der Waals surface area (Å²) in [5.74, 6) is -1.29. The van der Waals surface area contributed by atoms with Gasteiger partial charge in [-0.2, -0.15) is 0 Å². The molecular weight excluding hydrogens is 226 g/mol. The Bertz CT molecular complexity index is 538. The minimum atomic E-state index is -0.717. The molecule has 0 bridgehead atoms. The van der Waals surface area contributed by atoms with Gasteiger partial charge in [0.25, 0.3) is 0 Å². The van der Waals surface area contributed by atoms with Crippen LogP contribution in [-0.4, -0.2) is 4.98 Å². The van der Waals surface area contributed by atoms with Crippen LogP contribution in [0.3, 0.4) is 0 Å². The van der Waals surface area contributed by atoms with Gasteiger partial charge in [0.15, 0.2) is 0 Å². The molecule has 0 radical (unpaired) electrons. The van der Waals surface area contributed by atoms with E-state index in [9.17, 15) is 8.78 Å². The first-order chi connectivity index (χ1) is 8.04. The zero-order valence-corrected chi connectivity index (χ0v) is 9.08. The topological polar surface area (TPSA) is 48.1 Å². The Labute approximate surface area is 96.9 Å². The van der Waals surface area contributed by atoms with E-state index in [1.54, 1.807) is 12.3 Å². The Morgan fingerprint density at radius 1 is 1.12 bits per heavy atom. The summed E-state index contributed by atoms with van der Waals surface area (Å²) in [6.45, 7) is 1.83. The molecule has 0 aliphatic heterocycles. The fraction of sp³-hybridized carbons (Fsp3) is 0.0833. The van der Waals surface area contributed by atoms with Crippen LogP contribution in [0.15, 0.2) is 30.5 Å². The molecule has 0 unspecified atom stereocenters. The van der Waals surface area contributed by atoms with Crippen LogP contribution in [0.5, 0.6) is 11.6 Å². The number of nitrogen functional groups attached to an aromatic ring is 1. The Hall–Kier alpha value is -2.17. The number of halogens is 2. The molecule has 2 N–H and O–H groups in total. The van der Waals surface area contributed by atoms with Crippen molar-refractivity contribution in [1.29, 1.82) is 0 Å². The van der Waals surface area contributed by atoms with Crippen molar-refractivity contribution in [3.63, 3.8) is 0 Å². The highest BCUT2D eigenvalue weighted by molar-refractivity contribution is 5.50. The summed E-state index contributed by atoms with van der Waals surface area (Å²) < 4.78 is 31.1. The van der Waals surface area contributed by atoms with Crippen LogP contribution in [0.25, 0.3) is 0 Å². The highest BCUT2D eigenvalue weighted by Gasteiger charge is 2.06. The first-order valence-electron chi connectivity index (χ1n) is 4.90. The lowest BCUT2D eigenvalue weighted by atomic mass is 10.3. The van der Waals surface area contributed by atoms with Gasteiger partial charge in [-0.1, -0.05) is 0 Å². The maximum Gasteiger partial charge on any atom is 0.242 e. The van der Waals surface area contributed by atoms with E-state index in [1.807, 2.05) is 6.92 Å². The molecule has 2 aromatic rings. The van der Waals surface area contributed by atoms with E-state index >= 15 is 0 Å². The van der Waals surface area contributed by atoms with Crippen LogP contribution in [0.1, 0.15) is 5.56 Å². The molecule has 3 nitrogen and oxygen atoms in total. The number of nitrogens with zero attached hydrogens (tertiary/aromatic N) is 1. The molecule has 0 spiro atoms. The predicted molar refractivity (Wildman–Crippen MR) is 59.8 cm³/mol. The SMILES string of the molecule is Cc1cnc(Oc2cc(F)cc(F)c2)c(N)c1. The molecule has 1 aromatic carbocycles. The third-order valence-corrected chi connectivity index (χ3v) is 2.07. The van der Waals surface area contributed by atoms with E-state index in [0.717, 1.165) is 23.8 Å². The van der Waals surface area contributed by atoms with Gasteiger partial charge >= 0.3 is 0 Å². The normalized spacial score (nSPS) is 10.3. The standard InChI is InChI=1S/C12H10F2N2O/c1-7-2-11(15)12(16-6-7)17-10-4-8(13)3-9(14)5-10/h2-6H,15H2,1H3. The van der Waals surface area contributed by atoms with E-state index < -0.39 is 11.6 Å². The molecule has 0 saturated carbocycles. The van der Waals surface area contributed by atoms with Crippen molar-refractivity contribution in [3.8, 4) is 11.6 Å². The van der Waals surface area contributed by atoms with Crippen molar-refractivity contribution < 1.29 is 13.5 Å². The summed E-state index contributed by atoms with van der Waals surface area (Å²) in [7, 11) is 0. The summed E-state index contributed by atoms with van der Waals surface area (Å²) in [6, 6.07) is 4.55. The van der Waals surface area contributed by atoms with Crippen molar-refractivity contribution in [1.82, 2.24) is 4.98 Å². The van der Waals surface area contributed by atoms with E-state index in [2.05, 4.69) is 4.98 Å². The van der Waals surface area contributed by atoms with Gasteiger partial charge in [-0.05, 0) is 18.6 Å². The van der Waals surface area contributed by atoms with Gasteiger partial charge in [-0.3, -0.25) is 0 Å². The second-order valence-corrected chi connectivity index (χ2v) is 3.61. The summed E-state index contributed by atoms with van der Waals surface area (Å²) in [5, 5.41) is 0. The minimum Gasteiger partial charge on any atom is -0.437 e. The first kappa shape index (κ1) is 11.3. The monoisotopic (exact) mass is 236 g/mol. The summed E-state index contributed by atoms with van der Waals surface area (Å²) >= 11 is 0. The molecule has 5 heteroatoms. The third-order valence-electron chi connectivity index (χ3n) is 2.07. The maximum absolute atomic E-state index is 12.9. The number of pyridine rings is 1. The predicted octanol–water partition coefficient (Wildman–Crippen LogP) is 3.04. The number of ether oxygens (including phenoxy) is 1. The van der Waals surface area contributed by atoms with E-state index in [-0.39, 0.29) is 11.6 Å². The molecule has 0 aliphatic carbocycles. The Balaban J connectivity index is 2.31. The van der Waals surface area contributed by atoms with E-state index in [0.29, 0.717) is 5.69 Å². The Kier molecular flexibility index (Phi) is 2.91. The van der Waals surface area contributed by atoms with Crippen LogP contribution in [0.2, 0.25) is 0 Å². The quantitative estimate of drug-likeness (QED) is 0.871. The molecule has 0 amide bonds. The van der Waals surface area contributed by atoms with Gasteiger partial charge in [-0.25, -0.2) is 13.8 Å². The van der Waals surface area contributed by atoms with E-state index in [1.165, 1.54) is 0 Å². The molecule has 0 atom stereocenters. The third kappa shape index (κ3) is 2.69. The average molecular weight is 236 g/mol. The van der Waals surface area contributed by atoms with Crippen LogP contribution < -0.4 is 10.5 Å². The van der Waals surface area contributed by atoms with Gasteiger partial charge in [0.05, 0.1) is 5.69 Å². The van der Waals surface area contributed by atoms with Gasteiger partial charge in [-0.15, -0.1) is 0 Å². The highest BCUT2D eigenvalue weighted by atomic mass is 19.1. The number of anilines is 1. The summed E-state index contributed by atoms with van der Waals surface area (Å²) in [5.41, 5.74) is 6.86. The fourth-order valence-corrected chi connectivity index (χ4v) is 1.36. The molecule has 17 heavy (non-hydrogen) atoms. The lowest BCUT2D eigenvalue weighted by Gasteiger charge is -2.07. The van der Waals surface area contributed by atoms with Crippen LogP contribution in [-0.2, 0) is 0 Å². The fourth-order valence-electron chi connectivity index (χ4n) is 1.36. The number of benzene rings is 1. The largest absolute Gasteiger partial charge is 0.437 e. The van der Waals surface area contributed by atoms with Crippen molar-refractivity contribution in [2.45, 2.75) is 6.92 Å². The number of aromatic nitrogens is 1. The van der Waals surface area contributed by atoms with Gasteiger partial charge in [0.1, 0.15) is 17.4 Å². The van der Waals surface area contributed by atoms with Crippen molar-refractivity contribution in [3.05, 3.63) is 47.7 Å².